The van der Waals surface area contributed by atoms with Crippen molar-refractivity contribution in [3.8, 4) is 11.5 Å². The minimum Gasteiger partial charge on any atom is -0.486 e. The Hall–Kier alpha value is -2.81. The van der Waals surface area contributed by atoms with Gasteiger partial charge in [0.25, 0.3) is 0 Å². The summed E-state index contributed by atoms with van der Waals surface area (Å²) in [4.78, 5) is 14.6. The topological polar surface area (TPSA) is 74.8 Å². The highest BCUT2D eigenvalue weighted by Crippen LogP contribution is 2.31. The van der Waals surface area contributed by atoms with E-state index in [1.807, 2.05) is 18.2 Å². The first kappa shape index (κ1) is 23.9. The minimum absolute atomic E-state index is 0.473. The fourth-order valence-electron chi connectivity index (χ4n) is 4.99. The highest BCUT2D eigenvalue weighted by molar-refractivity contribution is 7.80. The number of piperidine rings is 2. The Bertz CT molecular complexity index is 1040. The Kier molecular flexibility index (Phi) is 7.41. The monoisotopic (exact) mass is 496 g/mol. The number of nitrogens with zero attached hydrogens (tertiary/aromatic N) is 4. The molecule has 0 saturated carbocycles. The van der Waals surface area contributed by atoms with Gasteiger partial charge >= 0.3 is 0 Å². The molecule has 188 valence electrons. The van der Waals surface area contributed by atoms with Gasteiger partial charge in [0, 0.05) is 38.3 Å². The van der Waals surface area contributed by atoms with Gasteiger partial charge in [-0.1, -0.05) is 13.0 Å². The molecule has 2 N–H and O–H groups in total. The van der Waals surface area contributed by atoms with Gasteiger partial charge in [-0.2, -0.15) is 9.97 Å². The van der Waals surface area contributed by atoms with E-state index in [0.717, 1.165) is 54.3 Å². The summed E-state index contributed by atoms with van der Waals surface area (Å²) in [5, 5.41) is 7.03. The minimum atomic E-state index is 0.473. The Labute approximate surface area is 213 Å². The van der Waals surface area contributed by atoms with E-state index in [9.17, 15) is 0 Å². The van der Waals surface area contributed by atoms with E-state index >= 15 is 0 Å². The lowest BCUT2D eigenvalue weighted by Crippen LogP contribution is -2.39. The van der Waals surface area contributed by atoms with Crippen LogP contribution in [0.15, 0.2) is 24.3 Å². The molecular weight excluding hydrogens is 460 g/mol. The molecule has 2 saturated heterocycles. The third-order valence-corrected chi connectivity index (χ3v) is 7.44. The van der Waals surface area contributed by atoms with Crippen LogP contribution in [0.2, 0.25) is 0 Å². The molecule has 2 fully saturated rings. The highest BCUT2D eigenvalue weighted by Gasteiger charge is 2.24. The normalized spacial score (nSPS) is 20.5. The first-order valence-electron chi connectivity index (χ1n) is 12.9. The number of rotatable bonds is 5. The van der Waals surface area contributed by atoms with Crippen LogP contribution in [0.25, 0.3) is 0 Å². The molecule has 5 rings (SSSR count). The fraction of sp³-hybridized carbons (Fsp3) is 0.577. The van der Waals surface area contributed by atoms with Gasteiger partial charge in [0.15, 0.2) is 16.6 Å². The number of hydrogen-bond donors (Lipinski definition) is 2. The molecule has 0 amide bonds. The number of aromatic nitrogens is 2. The zero-order valence-electron chi connectivity index (χ0n) is 20.8. The molecule has 0 spiro atoms. The average molecular weight is 497 g/mol. The van der Waals surface area contributed by atoms with Gasteiger partial charge < -0.3 is 29.9 Å². The number of benzene rings is 1. The van der Waals surface area contributed by atoms with Crippen LogP contribution >= 0.6 is 12.2 Å². The molecule has 3 aliphatic heterocycles. The summed E-state index contributed by atoms with van der Waals surface area (Å²) in [7, 11) is 0. The smallest absolute Gasteiger partial charge is 0.232 e. The number of hydrogen-bond acceptors (Lipinski definition) is 7. The van der Waals surface area contributed by atoms with Crippen LogP contribution in [-0.4, -0.2) is 54.0 Å². The van der Waals surface area contributed by atoms with Gasteiger partial charge in [0.05, 0.1) is 0 Å². The molecule has 9 heteroatoms. The maximum absolute atomic E-state index is 5.69. The van der Waals surface area contributed by atoms with Gasteiger partial charge in [0.2, 0.25) is 5.95 Å². The SMILES string of the molecule is CC1CCN(c2cc(N3CCCCC3C)nc(NC(=S)NCc3ccc4c(c3)OCCO4)n2)CC1. The average Bonchev–Trinajstić information content (AvgIpc) is 2.88. The summed E-state index contributed by atoms with van der Waals surface area (Å²) in [6.45, 7) is 9.44. The van der Waals surface area contributed by atoms with Crippen molar-refractivity contribution >= 4 is 34.9 Å². The van der Waals surface area contributed by atoms with Crippen LogP contribution in [0.5, 0.6) is 11.5 Å². The van der Waals surface area contributed by atoms with Gasteiger partial charge in [-0.25, -0.2) is 0 Å². The van der Waals surface area contributed by atoms with Crippen LogP contribution in [0.3, 0.4) is 0 Å². The van der Waals surface area contributed by atoms with Crippen molar-refractivity contribution in [3.63, 3.8) is 0 Å². The van der Waals surface area contributed by atoms with E-state index in [0.29, 0.717) is 36.9 Å². The van der Waals surface area contributed by atoms with Crippen molar-refractivity contribution < 1.29 is 9.47 Å². The number of fused-ring (bicyclic) bond motifs is 1. The van der Waals surface area contributed by atoms with Gasteiger partial charge in [-0.15, -0.1) is 0 Å². The molecule has 0 aliphatic carbocycles. The number of ether oxygens (including phenoxy) is 2. The Balaban J connectivity index is 1.29. The molecule has 1 aromatic carbocycles. The quantitative estimate of drug-likeness (QED) is 0.588. The third-order valence-electron chi connectivity index (χ3n) is 7.19. The molecule has 0 radical (unpaired) electrons. The predicted molar refractivity (Wildman–Crippen MR) is 144 cm³/mol. The van der Waals surface area contributed by atoms with Crippen LogP contribution < -0.4 is 29.9 Å². The summed E-state index contributed by atoms with van der Waals surface area (Å²) in [6.07, 6.45) is 6.05. The lowest BCUT2D eigenvalue weighted by atomic mass is 9.99. The Morgan fingerprint density at radius 2 is 1.74 bits per heavy atom. The molecule has 2 aromatic rings. The van der Waals surface area contributed by atoms with Gasteiger partial charge in [-0.3, -0.25) is 0 Å². The van der Waals surface area contributed by atoms with E-state index in [1.54, 1.807) is 0 Å². The second-order valence-electron chi connectivity index (χ2n) is 9.90. The highest BCUT2D eigenvalue weighted by atomic mass is 32.1. The lowest BCUT2D eigenvalue weighted by Gasteiger charge is -2.36. The summed E-state index contributed by atoms with van der Waals surface area (Å²) >= 11 is 5.61. The molecule has 0 bridgehead atoms. The van der Waals surface area contributed by atoms with Crippen molar-refractivity contribution in [1.29, 1.82) is 0 Å². The molecule has 1 atom stereocenters. The molecule has 4 heterocycles. The second-order valence-corrected chi connectivity index (χ2v) is 10.3. The van der Waals surface area contributed by atoms with E-state index in [-0.39, 0.29) is 0 Å². The summed E-state index contributed by atoms with van der Waals surface area (Å²) < 4.78 is 11.3. The van der Waals surface area contributed by atoms with Crippen LogP contribution in [0, 0.1) is 5.92 Å². The van der Waals surface area contributed by atoms with Crippen molar-refractivity contribution in [2.24, 2.45) is 5.92 Å². The fourth-order valence-corrected chi connectivity index (χ4v) is 5.15. The van der Waals surface area contributed by atoms with Crippen molar-refractivity contribution in [3.05, 3.63) is 29.8 Å². The molecule has 8 nitrogen and oxygen atoms in total. The number of thiocarbonyl (C=S) groups is 1. The Morgan fingerprint density at radius 1 is 0.971 bits per heavy atom. The van der Waals surface area contributed by atoms with Gasteiger partial charge in [-0.05, 0) is 74.9 Å². The first-order chi connectivity index (χ1) is 17.0. The summed E-state index contributed by atoms with van der Waals surface area (Å²) in [5.74, 6) is 4.85. The molecule has 1 unspecified atom stereocenters. The van der Waals surface area contributed by atoms with Crippen molar-refractivity contribution in [2.75, 3.05) is 48.0 Å². The van der Waals surface area contributed by atoms with E-state index in [2.05, 4.69) is 40.3 Å². The maximum Gasteiger partial charge on any atom is 0.232 e. The van der Waals surface area contributed by atoms with Crippen molar-refractivity contribution in [2.45, 2.75) is 58.5 Å². The van der Waals surface area contributed by atoms with Crippen LogP contribution in [0.1, 0.15) is 51.5 Å². The standard InChI is InChI=1S/C26H36N6O2S/c1-18-8-11-31(12-9-18)23-16-24(32-10-4-3-5-19(32)2)29-25(28-23)30-26(35)27-17-20-6-7-21-22(15-20)34-14-13-33-21/h6-7,15-16,18-19H,3-5,8-14,17H2,1-2H3,(H2,27,28,29,30,35). The predicted octanol–water partition coefficient (Wildman–Crippen LogP) is 4.35. The summed E-state index contributed by atoms with van der Waals surface area (Å²) in [6, 6.07) is 8.59. The zero-order valence-corrected chi connectivity index (χ0v) is 21.6. The van der Waals surface area contributed by atoms with Crippen molar-refractivity contribution in [1.82, 2.24) is 15.3 Å². The van der Waals surface area contributed by atoms with Crippen LogP contribution in [0.4, 0.5) is 17.6 Å². The first-order valence-corrected chi connectivity index (χ1v) is 13.3. The van der Waals surface area contributed by atoms with E-state index in [4.69, 9.17) is 31.7 Å². The van der Waals surface area contributed by atoms with Crippen LogP contribution in [-0.2, 0) is 6.54 Å². The van der Waals surface area contributed by atoms with E-state index in [1.165, 1.54) is 32.1 Å². The lowest BCUT2D eigenvalue weighted by molar-refractivity contribution is 0.171. The molecular formula is C26H36N6O2S. The largest absolute Gasteiger partial charge is 0.486 e. The van der Waals surface area contributed by atoms with E-state index < -0.39 is 0 Å². The molecule has 1 aromatic heterocycles. The summed E-state index contributed by atoms with van der Waals surface area (Å²) in [5.41, 5.74) is 1.07. The maximum atomic E-state index is 5.69. The van der Waals surface area contributed by atoms with Gasteiger partial charge in [0.1, 0.15) is 24.8 Å². The number of nitrogens with one attached hydrogen (secondary N) is 2. The second kappa shape index (κ2) is 10.8. The number of anilines is 3. The Morgan fingerprint density at radius 3 is 2.54 bits per heavy atom. The molecule has 3 aliphatic rings. The molecule has 35 heavy (non-hydrogen) atoms. The zero-order chi connectivity index (χ0) is 24.2. The third kappa shape index (κ3) is 5.89.